The molecule has 0 aromatic carbocycles. The predicted molar refractivity (Wildman–Crippen MR) is 125 cm³/mol. The van der Waals surface area contributed by atoms with E-state index in [4.69, 9.17) is 4.99 Å². The van der Waals surface area contributed by atoms with Crippen LogP contribution in [0.4, 0.5) is 0 Å². The van der Waals surface area contributed by atoms with Gasteiger partial charge in [0.05, 0.1) is 13.1 Å². The molecule has 0 aliphatic carbocycles. The summed E-state index contributed by atoms with van der Waals surface area (Å²) in [6.07, 6.45) is 1.15. The van der Waals surface area contributed by atoms with Gasteiger partial charge in [0.15, 0.2) is 5.96 Å². The predicted octanol–water partition coefficient (Wildman–Crippen LogP) is 2.49. The molecule has 1 N–H and O–H groups in total. The lowest BCUT2D eigenvalue weighted by atomic mass is 10.1. The number of carbonyl (C=O) groups is 1. The Hall–Kier alpha value is -0.870. The van der Waals surface area contributed by atoms with Gasteiger partial charge >= 0.3 is 0 Å². The molecule has 1 aromatic heterocycles. The van der Waals surface area contributed by atoms with Crippen molar-refractivity contribution in [2.24, 2.45) is 4.99 Å². The van der Waals surface area contributed by atoms with Crippen LogP contribution in [-0.4, -0.2) is 79.4 Å². The summed E-state index contributed by atoms with van der Waals surface area (Å²) >= 11 is 1.87. The van der Waals surface area contributed by atoms with Gasteiger partial charge < -0.3 is 15.1 Å². The van der Waals surface area contributed by atoms with Gasteiger partial charge in [-0.15, -0.1) is 35.3 Å². The fraction of sp³-hybridized carbons (Fsp3) is 0.684. The third kappa shape index (κ3) is 7.23. The highest BCUT2D eigenvalue weighted by Gasteiger charge is 2.17. The number of hydrogen-bond acceptors (Lipinski definition) is 4. The molecule has 1 aliphatic rings. The van der Waals surface area contributed by atoms with E-state index in [1.807, 2.05) is 42.0 Å². The van der Waals surface area contributed by atoms with Crippen LogP contribution in [0.5, 0.6) is 0 Å². The maximum Gasteiger partial charge on any atom is 0.242 e. The number of hydrogen-bond donors (Lipinski definition) is 1. The van der Waals surface area contributed by atoms with E-state index in [0.29, 0.717) is 6.54 Å². The zero-order chi connectivity index (χ0) is 18.9. The van der Waals surface area contributed by atoms with Crippen molar-refractivity contribution in [1.82, 2.24) is 20.0 Å². The lowest BCUT2D eigenvalue weighted by Crippen LogP contribution is -2.46. The first-order valence-electron chi connectivity index (χ1n) is 9.63. The number of likely N-dealkylation sites (N-methyl/N-ethyl adjacent to an activating group) is 2. The summed E-state index contributed by atoms with van der Waals surface area (Å²) in [6, 6.07) is 2.24. The van der Waals surface area contributed by atoms with Crippen LogP contribution >= 0.6 is 35.3 Å². The van der Waals surface area contributed by atoms with E-state index in [-0.39, 0.29) is 29.9 Å². The Bertz CT molecular complexity index is 603. The summed E-state index contributed by atoms with van der Waals surface area (Å²) in [4.78, 5) is 24.8. The van der Waals surface area contributed by atoms with E-state index in [1.54, 1.807) is 0 Å². The van der Waals surface area contributed by atoms with Gasteiger partial charge in [0.1, 0.15) is 0 Å². The number of halogens is 1. The number of aliphatic imine (C=N–C) groups is 1. The Morgan fingerprint density at radius 3 is 2.74 bits per heavy atom. The molecule has 8 heteroatoms. The van der Waals surface area contributed by atoms with E-state index in [2.05, 4.69) is 28.6 Å². The number of guanidine groups is 1. The van der Waals surface area contributed by atoms with Crippen LogP contribution in [0, 0.1) is 0 Å². The van der Waals surface area contributed by atoms with Gasteiger partial charge in [-0.1, -0.05) is 0 Å². The molecule has 1 aliphatic heterocycles. The van der Waals surface area contributed by atoms with E-state index >= 15 is 0 Å². The van der Waals surface area contributed by atoms with Crippen molar-refractivity contribution < 1.29 is 4.79 Å². The molecule has 2 rings (SSSR count). The van der Waals surface area contributed by atoms with Crippen molar-refractivity contribution in [2.75, 3.05) is 52.9 Å². The molecule has 6 nitrogen and oxygen atoms in total. The Labute approximate surface area is 185 Å². The number of rotatable bonds is 8. The lowest BCUT2D eigenvalue weighted by molar-refractivity contribution is -0.131. The maximum atomic E-state index is 12.3. The largest absolute Gasteiger partial charge is 0.357 e. The summed E-state index contributed by atoms with van der Waals surface area (Å²) in [5, 5.41) is 5.49. The molecule has 154 valence electrons. The summed E-state index contributed by atoms with van der Waals surface area (Å²) in [7, 11) is 1.93. The van der Waals surface area contributed by atoms with Crippen molar-refractivity contribution in [3.8, 4) is 0 Å². The minimum absolute atomic E-state index is 0. The van der Waals surface area contributed by atoms with Gasteiger partial charge in [-0.25, -0.2) is 0 Å². The van der Waals surface area contributed by atoms with Crippen molar-refractivity contribution in [2.45, 2.75) is 33.7 Å². The molecule has 0 radical (unpaired) electrons. The molecule has 2 heterocycles. The van der Waals surface area contributed by atoms with Crippen LogP contribution in [0.15, 0.2) is 16.4 Å². The van der Waals surface area contributed by atoms with Crippen LogP contribution in [0.3, 0.4) is 0 Å². The molecular weight excluding hydrogens is 473 g/mol. The van der Waals surface area contributed by atoms with Gasteiger partial charge in [-0.2, -0.15) is 0 Å². The van der Waals surface area contributed by atoms with Crippen molar-refractivity contribution in [1.29, 1.82) is 0 Å². The maximum absolute atomic E-state index is 12.3. The second kappa shape index (κ2) is 12.6. The summed E-state index contributed by atoms with van der Waals surface area (Å²) in [5.74, 6) is 0.949. The molecule has 1 amide bonds. The van der Waals surface area contributed by atoms with Gasteiger partial charge in [-0.3, -0.25) is 14.7 Å². The van der Waals surface area contributed by atoms with Gasteiger partial charge in [0.25, 0.3) is 0 Å². The third-order valence-corrected chi connectivity index (χ3v) is 5.77. The van der Waals surface area contributed by atoms with Gasteiger partial charge in [0.2, 0.25) is 5.91 Å². The Morgan fingerprint density at radius 2 is 2.07 bits per heavy atom. The molecule has 0 unspecified atom stereocenters. The van der Waals surface area contributed by atoms with Gasteiger partial charge in [-0.05, 0) is 44.2 Å². The van der Waals surface area contributed by atoms with E-state index in [9.17, 15) is 4.79 Å². The normalized spacial score (nSPS) is 14.3. The number of nitrogens with one attached hydrogen (secondary N) is 1. The molecule has 27 heavy (non-hydrogen) atoms. The fourth-order valence-corrected chi connectivity index (χ4v) is 4.11. The molecular formula is C19H34IN5OS. The quantitative estimate of drug-likeness (QED) is 0.334. The lowest BCUT2D eigenvalue weighted by Gasteiger charge is -2.27. The monoisotopic (exact) mass is 507 g/mol. The van der Waals surface area contributed by atoms with Crippen LogP contribution < -0.4 is 5.32 Å². The highest BCUT2D eigenvalue weighted by molar-refractivity contribution is 14.0. The van der Waals surface area contributed by atoms with E-state index in [0.717, 1.165) is 58.2 Å². The molecule has 0 spiro atoms. The van der Waals surface area contributed by atoms with Crippen LogP contribution in [0.1, 0.15) is 31.2 Å². The Kier molecular flexibility index (Phi) is 11.2. The van der Waals surface area contributed by atoms with Crippen LogP contribution in [0.2, 0.25) is 0 Å². The van der Waals surface area contributed by atoms with Crippen LogP contribution in [-0.2, 0) is 17.8 Å². The summed E-state index contributed by atoms with van der Waals surface area (Å²) in [5.41, 5.74) is 1.47. The Morgan fingerprint density at radius 1 is 1.33 bits per heavy atom. The second-order valence-electron chi connectivity index (χ2n) is 6.55. The van der Waals surface area contributed by atoms with Crippen molar-refractivity contribution in [3.63, 3.8) is 0 Å². The molecule has 0 atom stereocenters. The number of fused-ring (bicyclic) bond motifs is 1. The molecule has 0 bridgehead atoms. The Balaban J connectivity index is 0.00000364. The first kappa shape index (κ1) is 24.2. The third-order valence-electron chi connectivity index (χ3n) is 4.75. The van der Waals surface area contributed by atoms with Crippen molar-refractivity contribution in [3.05, 3.63) is 21.9 Å². The number of thiophene rings is 1. The van der Waals surface area contributed by atoms with E-state index < -0.39 is 0 Å². The molecule has 0 saturated heterocycles. The van der Waals surface area contributed by atoms with Crippen molar-refractivity contribution >= 4 is 47.2 Å². The highest BCUT2D eigenvalue weighted by Crippen LogP contribution is 2.23. The molecule has 0 fully saturated rings. The van der Waals surface area contributed by atoms with Gasteiger partial charge in [0, 0.05) is 51.2 Å². The second-order valence-corrected chi connectivity index (χ2v) is 7.55. The minimum atomic E-state index is 0. The zero-order valence-corrected chi connectivity index (χ0v) is 20.2. The fourth-order valence-electron chi connectivity index (χ4n) is 3.22. The average Bonchev–Trinajstić information content (AvgIpc) is 3.09. The summed E-state index contributed by atoms with van der Waals surface area (Å²) in [6.45, 7) is 12.5. The first-order valence-corrected chi connectivity index (χ1v) is 10.5. The smallest absolute Gasteiger partial charge is 0.242 e. The highest BCUT2D eigenvalue weighted by atomic mass is 127. The number of carbonyl (C=O) groups excluding carboxylic acids is 1. The van der Waals surface area contributed by atoms with Crippen LogP contribution in [0.25, 0.3) is 0 Å². The average molecular weight is 507 g/mol. The summed E-state index contributed by atoms with van der Waals surface area (Å²) < 4.78 is 0. The minimum Gasteiger partial charge on any atom is -0.357 e. The SMILES string of the molecule is CCNC(=NCCN1CCc2sccc2C1)N(C)CC(=O)N(CC)CC.I. The first-order chi connectivity index (χ1) is 12.6. The van der Waals surface area contributed by atoms with E-state index in [1.165, 1.54) is 10.4 Å². The standard InChI is InChI=1S/C19H33N5OS.HI/c1-5-20-19(22(4)15-18(25)24(6-2)7-3)21-10-12-23-11-8-17-16(14-23)9-13-26-17;/h9,13H,5-8,10-12,14-15H2,1-4H3,(H,20,21);1H. The molecule has 0 saturated carbocycles. The zero-order valence-electron chi connectivity index (χ0n) is 17.0. The number of amides is 1. The topological polar surface area (TPSA) is 51.2 Å². The number of nitrogens with zero attached hydrogens (tertiary/aromatic N) is 4. The molecule has 1 aromatic rings.